The number of hydrogen-bond donors (Lipinski definition) is 1. The summed E-state index contributed by atoms with van der Waals surface area (Å²) in [6.07, 6.45) is 5.96. The van der Waals surface area contributed by atoms with Crippen LogP contribution in [0.4, 0.5) is 0 Å². The van der Waals surface area contributed by atoms with Gasteiger partial charge >= 0.3 is 0 Å². The summed E-state index contributed by atoms with van der Waals surface area (Å²) in [5, 5.41) is 2.64. The van der Waals surface area contributed by atoms with Crippen molar-refractivity contribution >= 4 is 5.91 Å². The minimum atomic E-state index is -0.0588. The van der Waals surface area contributed by atoms with E-state index < -0.39 is 0 Å². The molecule has 98 valence electrons. The van der Waals surface area contributed by atoms with E-state index in [1.54, 1.807) is 14.2 Å². The lowest BCUT2D eigenvalue weighted by molar-refractivity contribution is -0.122. The highest BCUT2D eigenvalue weighted by Gasteiger charge is 2.09. The summed E-state index contributed by atoms with van der Waals surface area (Å²) in [6.45, 7) is 3.44. The number of nitrogens with zero attached hydrogens (tertiary/aromatic N) is 1. The Hall–Kier alpha value is -1.09. The first-order valence-corrected chi connectivity index (χ1v) is 5.65. The van der Waals surface area contributed by atoms with Crippen molar-refractivity contribution in [3.8, 4) is 12.3 Å². The lowest BCUT2D eigenvalue weighted by atomic mass is 10.3. The van der Waals surface area contributed by atoms with E-state index in [4.69, 9.17) is 15.9 Å². The van der Waals surface area contributed by atoms with Crippen LogP contribution in [0, 0.1) is 12.3 Å². The molecule has 0 aliphatic carbocycles. The summed E-state index contributed by atoms with van der Waals surface area (Å²) in [4.78, 5) is 13.5. The molecule has 0 aromatic rings. The van der Waals surface area contributed by atoms with Crippen LogP contribution in [0.2, 0.25) is 0 Å². The minimum absolute atomic E-state index is 0.0588. The van der Waals surface area contributed by atoms with Gasteiger partial charge in [-0.1, -0.05) is 5.92 Å². The van der Waals surface area contributed by atoms with Crippen LogP contribution in [0.25, 0.3) is 0 Å². The monoisotopic (exact) mass is 242 g/mol. The lowest BCUT2D eigenvalue weighted by Crippen LogP contribution is -2.39. The summed E-state index contributed by atoms with van der Waals surface area (Å²) >= 11 is 0. The molecule has 0 heterocycles. The zero-order valence-electron chi connectivity index (χ0n) is 10.7. The molecule has 0 aliphatic rings. The molecule has 0 aromatic heterocycles. The van der Waals surface area contributed by atoms with Gasteiger partial charge in [0, 0.05) is 33.9 Å². The minimum Gasteiger partial charge on any atom is -0.385 e. The molecule has 0 spiro atoms. The van der Waals surface area contributed by atoms with Gasteiger partial charge in [0.1, 0.15) is 0 Å². The fraction of sp³-hybridized carbons (Fsp3) is 0.750. The highest BCUT2D eigenvalue weighted by molar-refractivity contribution is 5.78. The first-order valence-electron chi connectivity index (χ1n) is 5.65. The maximum Gasteiger partial charge on any atom is 0.234 e. The Labute approximate surface area is 103 Å². The van der Waals surface area contributed by atoms with Gasteiger partial charge in [-0.25, -0.2) is 0 Å². The molecule has 0 unspecified atom stereocenters. The predicted molar refractivity (Wildman–Crippen MR) is 66.7 cm³/mol. The van der Waals surface area contributed by atoms with Crippen molar-refractivity contribution < 1.29 is 14.3 Å². The van der Waals surface area contributed by atoms with Crippen molar-refractivity contribution in [2.45, 2.75) is 6.42 Å². The Morgan fingerprint density at radius 3 is 2.59 bits per heavy atom. The summed E-state index contributed by atoms with van der Waals surface area (Å²) in [5.74, 6) is 2.31. The highest BCUT2D eigenvalue weighted by atomic mass is 16.5. The predicted octanol–water partition coefficient (Wildman–Crippen LogP) is -0.279. The van der Waals surface area contributed by atoms with Crippen molar-refractivity contribution in [1.29, 1.82) is 0 Å². The van der Waals surface area contributed by atoms with E-state index in [1.807, 2.05) is 4.90 Å². The van der Waals surface area contributed by atoms with Gasteiger partial charge in [0.2, 0.25) is 5.91 Å². The normalized spacial score (nSPS) is 10.2. The van der Waals surface area contributed by atoms with Crippen LogP contribution in [0.5, 0.6) is 0 Å². The molecule has 0 fully saturated rings. The third-order valence-electron chi connectivity index (χ3n) is 2.19. The van der Waals surface area contributed by atoms with Gasteiger partial charge in [0.25, 0.3) is 0 Å². The molecule has 0 radical (unpaired) electrons. The summed E-state index contributed by atoms with van der Waals surface area (Å²) in [6, 6.07) is 0. The topological polar surface area (TPSA) is 50.8 Å². The van der Waals surface area contributed by atoms with E-state index in [9.17, 15) is 4.79 Å². The number of terminal acetylenes is 1. The van der Waals surface area contributed by atoms with E-state index >= 15 is 0 Å². The molecule has 0 atom stereocenters. The molecule has 0 saturated carbocycles. The zero-order valence-corrected chi connectivity index (χ0v) is 10.7. The van der Waals surface area contributed by atoms with Crippen LogP contribution in [0.1, 0.15) is 6.42 Å². The molecule has 0 aromatic carbocycles. The van der Waals surface area contributed by atoms with Gasteiger partial charge in [0.05, 0.1) is 19.7 Å². The maximum atomic E-state index is 11.5. The van der Waals surface area contributed by atoms with Crippen molar-refractivity contribution in [2.75, 3.05) is 53.6 Å². The second kappa shape index (κ2) is 11.4. The van der Waals surface area contributed by atoms with Crippen LogP contribution in [0.3, 0.4) is 0 Å². The van der Waals surface area contributed by atoms with Crippen molar-refractivity contribution in [1.82, 2.24) is 10.2 Å². The number of ether oxygens (including phenoxy) is 2. The Bertz CT molecular complexity index is 238. The third kappa shape index (κ3) is 9.82. The fourth-order valence-electron chi connectivity index (χ4n) is 1.33. The van der Waals surface area contributed by atoms with E-state index in [2.05, 4.69) is 11.2 Å². The van der Waals surface area contributed by atoms with Crippen LogP contribution in [0.15, 0.2) is 0 Å². The van der Waals surface area contributed by atoms with E-state index in [1.165, 1.54) is 0 Å². The Kier molecular flexibility index (Phi) is 10.7. The van der Waals surface area contributed by atoms with Gasteiger partial charge < -0.3 is 14.8 Å². The van der Waals surface area contributed by atoms with Crippen LogP contribution in [-0.2, 0) is 14.3 Å². The Morgan fingerprint density at radius 2 is 2.00 bits per heavy atom. The lowest BCUT2D eigenvalue weighted by Gasteiger charge is -2.20. The average Bonchev–Trinajstić information content (AvgIpc) is 2.33. The van der Waals surface area contributed by atoms with Gasteiger partial charge in [-0.2, -0.15) is 0 Å². The molecule has 0 rings (SSSR count). The molecule has 1 amide bonds. The quantitative estimate of drug-likeness (QED) is 0.423. The number of rotatable bonds is 10. The summed E-state index contributed by atoms with van der Waals surface area (Å²) < 4.78 is 9.99. The second-order valence-corrected chi connectivity index (χ2v) is 3.60. The maximum absolute atomic E-state index is 11.5. The van der Waals surface area contributed by atoms with Gasteiger partial charge in [0.15, 0.2) is 0 Å². The highest BCUT2D eigenvalue weighted by Crippen LogP contribution is 1.92. The van der Waals surface area contributed by atoms with Gasteiger partial charge in [-0.15, -0.1) is 6.42 Å². The zero-order chi connectivity index (χ0) is 12.9. The van der Waals surface area contributed by atoms with E-state index in [0.717, 1.165) is 19.5 Å². The molecule has 0 bridgehead atoms. The molecular weight excluding hydrogens is 220 g/mol. The molecule has 5 heteroatoms. The first kappa shape index (κ1) is 15.9. The number of amides is 1. The van der Waals surface area contributed by atoms with Crippen molar-refractivity contribution in [3.05, 3.63) is 0 Å². The number of carbonyl (C=O) groups excluding carboxylic acids is 1. The largest absolute Gasteiger partial charge is 0.385 e. The fourth-order valence-corrected chi connectivity index (χ4v) is 1.33. The number of carbonyl (C=O) groups is 1. The molecule has 1 N–H and O–H groups in total. The van der Waals surface area contributed by atoms with Crippen LogP contribution >= 0.6 is 0 Å². The molecular formula is C12H22N2O3. The van der Waals surface area contributed by atoms with Gasteiger partial charge in [-0.3, -0.25) is 9.69 Å². The summed E-state index contributed by atoms with van der Waals surface area (Å²) in [7, 11) is 3.31. The number of methoxy groups -OCH3 is 2. The Balaban J connectivity index is 3.90. The molecule has 17 heavy (non-hydrogen) atoms. The van der Waals surface area contributed by atoms with Crippen molar-refractivity contribution in [3.63, 3.8) is 0 Å². The SMILES string of the molecule is C#CCNC(=O)CN(CCCOC)CCOC. The molecule has 5 nitrogen and oxygen atoms in total. The third-order valence-corrected chi connectivity index (χ3v) is 2.19. The van der Waals surface area contributed by atoms with E-state index in [0.29, 0.717) is 19.8 Å². The second-order valence-electron chi connectivity index (χ2n) is 3.60. The molecule has 0 aliphatic heterocycles. The first-order chi connectivity index (χ1) is 8.24. The van der Waals surface area contributed by atoms with E-state index in [-0.39, 0.29) is 12.5 Å². The molecule has 0 saturated heterocycles. The standard InChI is InChI=1S/C12H22N2O3/c1-4-6-13-12(15)11-14(8-10-17-3)7-5-9-16-2/h1H,5-11H2,2-3H3,(H,13,15). The smallest absolute Gasteiger partial charge is 0.234 e. The number of hydrogen-bond acceptors (Lipinski definition) is 4. The Morgan fingerprint density at radius 1 is 1.29 bits per heavy atom. The van der Waals surface area contributed by atoms with Crippen molar-refractivity contribution in [2.24, 2.45) is 0 Å². The summed E-state index contributed by atoms with van der Waals surface area (Å²) in [5.41, 5.74) is 0. The average molecular weight is 242 g/mol. The number of nitrogens with one attached hydrogen (secondary N) is 1. The van der Waals surface area contributed by atoms with Crippen LogP contribution in [-0.4, -0.2) is 64.4 Å². The van der Waals surface area contributed by atoms with Gasteiger partial charge in [-0.05, 0) is 6.42 Å². The van der Waals surface area contributed by atoms with Crippen LogP contribution < -0.4 is 5.32 Å².